The number of quaternary nitrogens is 1. The van der Waals surface area contributed by atoms with Crippen LogP contribution in [0.1, 0.15) is 194 Å². The molecule has 0 saturated carbocycles. The number of nitrogens with zero attached hydrogens (tertiary/aromatic N) is 1. The summed E-state index contributed by atoms with van der Waals surface area (Å²) in [6.07, 6.45) is 61.8. The Kier molecular flexibility index (Phi) is 45.9. The fourth-order valence-corrected chi connectivity index (χ4v) is 6.75. The third-order valence-corrected chi connectivity index (χ3v) is 10.8. The van der Waals surface area contributed by atoms with Crippen LogP contribution in [0.5, 0.6) is 0 Å². The normalized spacial score (nSPS) is 13.6. The zero-order chi connectivity index (χ0) is 49.2. The second-order valence-electron chi connectivity index (χ2n) is 18.4. The summed E-state index contributed by atoms with van der Waals surface area (Å²) in [5, 5.41) is 9.68. The zero-order valence-corrected chi connectivity index (χ0v) is 43.3. The average molecular weight is 937 g/mol. The maximum atomic E-state index is 12.8. The van der Waals surface area contributed by atoms with E-state index in [4.69, 9.17) is 18.9 Å². The molecule has 0 aliphatic rings. The Hall–Kier alpha value is -3.79. The van der Waals surface area contributed by atoms with Gasteiger partial charge in [0.2, 0.25) is 0 Å². The lowest BCUT2D eigenvalue weighted by molar-refractivity contribution is -0.870. The van der Waals surface area contributed by atoms with Gasteiger partial charge in [0, 0.05) is 12.8 Å². The van der Waals surface area contributed by atoms with Gasteiger partial charge < -0.3 is 28.5 Å². The number of esters is 2. The molecule has 0 amide bonds. The van der Waals surface area contributed by atoms with E-state index < -0.39 is 24.3 Å². The van der Waals surface area contributed by atoms with Gasteiger partial charge in [0.1, 0.15) is 13.2 Å². The lowest BCUT2D eigenvalue weighted by Crippen LogP contribution is -2.40. The summed E-state index contributed by atoms with van der Waals surface area (Å²) in [6, 6.07) is 0. The second kappa shape index (κ2) is 48.7. The lowest BCUT2D eigenvalue weighted by atomic mass is 10.1. The van der Waals surface area contributed by atoms with Crippen LogP contribution in [0.25, 0.3) is 0 Å². The van der Waals surface area contributed by atoms with E-state index in [0.29, 0.717) is 17.4 Å². The quantitative estimate of drug-likeness (QED) is 0.0211. The molecule has 0 aliphatic heterocycles. The summed E-state index contributed by atoms with van der Waals surface area (Å²) in [4.78, 5) is 37.3. The van der Waals surface area contributed by atoms with Gasteiger partial charge in [-0.3, -0.25) is 9.59 Å². The average Bonchev–Trinajstić information content (AvgIpc) is 3.29. The van der Waals surface area contributed by atoms with E-state index in [0.717, 1.165) is 96.3 Å². The molecule has 0 bridgehead atoms. The molecule has 0 rings (SSSR count). The summed E-state index contributed by atoms with van der Waals surface area (Å²) < 4.78 is 22.8. The van der Waals surface area contributed by atoms with Crippen molar-refractivity contribution in [2.24, 2.45) is 0 Å². The highest BCUT2D eigenvalue weighted by Gasteiger charge is 2.25. The van der Waals surface area contributed by atoms with Crippen molar-refractivity contribution in [3.05, 3.63) is 97.2 Å². The lowest BCUT2D eigenvalue weighted by Gasteiger charge is -2.25. The number of carboxylic acids is 1. The number of carbonyl (C=O) groups is 3. The van der Waals surface area contributed by atoms with Crippen molar-refractivity contribution in [3.63, 3.8) is 0 Å². The van der Waals surface area contributed by atoms with Crippen LogP contribution in [0.2, 0.25) is 0 Å². The molecule has 67 heavy (non-hydrogen) atoms. The molecule has 1 N–H and O–H groups in total. The number of unbranched alkanes of at least 4 members (excludes halogenated alkanes) is 16. The first kappa shape index (κ1) is 63.2. The highest BCUT2D eigenvalue weighted by atomic mass is 16.7. The van der Waals surface area contributed by atoms with Gasteiger partial charge in [-0.1, -0.05) is 182 Å². The number of carbonyl (C=O) groups excluding carboxylic acids is 2. The number of hydrogen-bond donors (Lipinski definition) is 1. The molecule has 0 aromatic carbocycles. The molecule has 0 radical (unpaired) electrons. The summed E-state index contributed by atoms with van der Waals surface area (Å²) in [6.45, 7) is 4.69. The predicted octanol–water partition coefficient (Wildman–Crippen LogP) is 15.0. The SMILES string of the molecule is CC/C=C\C/C=C\C/C=C\C/C=C\C/C=C\CCCCCC(=O)OC(COC(=O)CCCCCCCCCC/C=C\C/C=C\C/C=C\CCCCCCC)COC(OCC[N+](C)(C)C)C(=O)O. The first-order chi connectivity index (χ1) is 32.6. The number of aliphatic carboxylic acids is 1. The maximum absolute atomic E-state index is 12.8. The summed E-state index contributed by atoms with van der Waals surface area (Å²) in [5.74, 6) is -2.07. The Balaban J connectivity index is 4.41. The number of allylic oxidation sites excluding steroid dienone is 16. The van der Waals surface area contributed by atoms with Gasteiger partial charge >= 0.3 is 17.9 Å². The van der Waals surface area contributed by atoms with E-state index in [1.807, 2.05) is 21.1 Å². The van der Waals surface area contributed by atoms with Crippen LogP contribution in [0.3, 0.4) is 0 Å². The summed E-state index contributed by atoms with van der Waals surface area (Å²) >= 11 is 0. The fraction of sp³-hybridized carbons (Fsp3) is 0.672. The molecule has 2 unspecified atom stereocenters. The molecule has 0 heterocycles. The maximum Gasteiger partial charge on any atom is 0.361 e. The van der Waals surface area contributed by atoms with E-state index in [9.17, 15) is 19.5 Å². The number of carboxylic acid groups (broad SMARTS) is 1. The zero-order valence-electron chi connectivity index (χ0n) is 43.3. The topological polar surface area (TPSA) is 108 Å². The van der Waals surface area contributed by atoms with E-state index >= 15 is 0 Å². The minimum absolute atomic E-state index is 0.174. The van der Waals surface area contributed by atoms with E-state index in [-0.39, 0.29) is 38.6 Å². The number of rotatable bonds is 47. The van der Waals surface area contributed by atoms with Gasteiger partial charge in [-0.05, 0) is 96.3 Å². The second-order valence-corrected chi connectivity index (χ2v) is 18.4. The first-order valence-electron chi connectivity index (χ1n) is 26.4. The van der Waals surface area contributed by atoms with Crippen molar-refractivity contribution in [1.29, 1.82) is 0 Å². The van der Waals surface area contributed by atoms with Crippen molar-refractivity contribution in [3.8, 4) is 0 Å². The molecule has 0 aromatic heterocycles. The predicted molar refractivity (Wildman–Crippen MR) is 281 cm³/mol. The van der Waals surface area contributed by atoms with Crippen LogP contribution in [-0.2, 0) is 33.3 Å². The van der Waals surface area contributed by atoms with Crippen LogP contribution in [0, 0.1) is 0 Å². The van der Waals surface area contributed by atoms with Gasteiger partial charge in [0.05, 0.1) is 34.4 Å². The van der Waals surface area contributed by atoms with E-state index in [1.165, 1.54) is 64.2 Å². The van der Waals surface area contributed by atoms with Gasteiger partial charge in [0.15, 0.2) is 6.10 Å². The molecule has 382 valence electrons. The van der Waals surface area contributed by atoms with E-state index in [1.54, 1.807) is 0 Å². The Morgan fingerprint density at radius 2 is 0.851 bits per heavy atom. The van der Waals surface area contributed by atoms with Crippen molar-refractivity contribution < 1.29 is 42.9 Å². The fourth-order valence-electron chi connectivity index (χ4n) is 6.75. The molecule has 0 aromatic rings. The van der Waals surface area contributed by atoms with Crippen LogP contribution in [0.15, 0.2) is 97.2 Å². The Labute approximate surface area is 410 Å². The highest BCUT2D eigenvalue weighted by molar-refractivity contribution is 5.71. The molecule has 0 aliphatic carbocycles. The molecular formula is C58H98NO8+. The minimum atomic E-state index is -1.53. The van der Waals surface area contributed by atoms with Crippen LogP contribution in [-0.4, -0.2) is 87.4 Å². The third-order valence-electron chi connectivity index (χ3n) is 10.8. The van der Waals surface area contributed by atoms with Gasteiger partial charge in [-0.2, -0.15) is 0 Å². The van der Waals surface area contributed by atoms with Crippen molar-refractivity contribution in [2.45, 2.75) is 206 Å². The van der Waals surface area contributed by atoms with Crippen LogP contribution < -0.4 is 0 Å². The molecule has 0 spiro atoms. The molecular weight excluding hydrogens is 839 g/mol. The summed E-state index contributed by atoms with van der Waals surface area (Å²) in [7, 11) is 5.94. The smallest absolute Gasteiger partial charge is 0.361 e. The number of hydrogen-bond acceptors (Lipinski definition) is 7. The molecule has 0 fully saturated rings. The number of ether oxygens (including phenoxy) is 4. The monoisotopic (exact) mass is 937 g/mol. The molecule has 0 saturated heterocycles. The Morgan fingerprint density at radius 3 is 1.28 bits per heavy atom. The Bertz CT molecular complexity index is 1420. The van der Waals surface area contributed by atoms with Crippen LogP contribution in [0.4, 0.5) is 0 Å². The standard InChI is InChI=1S/C58H97NO8/c1-6-8-10-12-14-16-18-20-22-24-26-27-28-29-31-32-34-36-38-40-42-44-46-48-55(60)65-52-54(53-66-58(57(62)63)64-51-50-59(3,4)5)67-56(61)49-47-45-43-41-39-37-35-33-30-25-23-21-19-17-15-13-11-9-7-2/h9,11,15,17-18,20-21,23-24,26,28-30,33,37,39,54,58H,6-8,10,12-14,16,19,22,25,27,31-32,34-36,38,40-53H2,1-5H3/p+1/b11-9-,17-15-,20-18-,23-21-,26-24-,29-28-,33-30-,39-37-. The number of likely N-dealkylation sites (N-methyl/N-ethyl adjacent to an activating group) is 1. The largest absolute Gasteiger partial charge is 0.477 e. The van der Waals surface area contributed by atoms with Crippen molar-refractivity contribution >= 4 is 17.9 Å². The van der Waals surface area contributed by atoms with Crippen molar-refractivity contribution in [1.82, 2.24) is 0 Å². The first-order valence-corrected chi connectivity index (χ1v) is 26.4. The minimum Gasteiger partial charge on any atom is -0.477 e. The van der Waals surface area contributed by atoms with Gasteiger partial charge in [0.25, 0.3) is 6.29 Å². The molecule has 2 atom stereocenters. The van der Waals surface area contributed by atoms with Gasteiger partial charge in [-0.15, -0.1) is 0 Å². The van der Waals surface area contributed by atoms with E-state index in [2.05, 4.69) is 111 Å². The molecule has 9 nitrogen and oxygen atoms in total. The summed E-state index contributed by atoms with van der Waals surface area (Å²) in [5.41, 5.74) is 0. The van der Waals surface area contributed by atoms with Crippen molar-refractivity contribution in [2.75, 3.05) is 47.5 Å². The molecule has 9 heteroatoms. The van der Waals surface area contributed by atoms with Crippen LogP contribution >= 0.6 is 0 Å². The Morgan fingerprint density at radius 1 is 0.463 bits per heavy atom. The third kappa shape index (κ3) is 49.9. The van der Waals surface area contributed by atoms with Gasteiger partial charge in [-0.25, -0.2) is 4.79 Å². The highest BCUT2D eigenvalue weighted by Crippen LogP contribution is 2.13.